The molecule has 0 atom stereocenters. The topological polar surface area (TPSA) is 75.6 Å². The van der Waals surface area contributed by atoms with E-state index in [0.29, 0.717) is 17.0 Å². The number of anilines is 1. The van der Waals surface area contributed by atoms with Crippen LogP contribution in [0.15, 0.2) is 24.3 Å². The summed E-state index contributed by atoms with van der Waals surface area (Å²) >= 11 is 12.7. The van der Waals surface area contributed by atoms with Crippen molar-refractivity contribution in [2.75, 3.05) is 5.32 Å². The van der Waals surface area contributed by atoms with E-state index in [2.05, 4.69) is 5.32 Å². The Kier molecular flexibility index (Phi) is 6.73. The molecule has 0 heterocycles. The van der Waals surface area contributed by atoms with Crippen molar-refractivity contribution in [3.63, 3.8) is 0 Å². The number of ether oxygens (including phenoxy) is 1. The van der Waals surface area contributed by atoms with Gasteiger partial charge in [0, 0.05) is 11.3 Å². The molecule has 0 unspecified atom stereocenters. The minimum absolute atomic E-state index is 0.111. The molecule has 0 saturated carbocycles. The van der Waals surface area contributed by atoms with Crippen LogP contribution >= 0.6 is 23.2 Å². The summed E-state index contributed by atoms with van der Waals surface area (Å²) in [5.74, 6) is 0.352. The zero-order chi connectivity index (χ0) is 20.3. The fourth-order valence-corrected chi connectivity index (χ4v) is 3.05. The maximum Gasteiger partial charge on any atom is 0.231 e. The second kappa shape index (κ2) is 8.63. The van der Waals surface area contributed by atoms with E-state index in [4.69, 9.17) is 27.9 Å². The molecular formula is C20H21Cl2NO4. The summed E-state index contributed by atoms with van der Waals surface area (Å²) < 4.78 is 5.85. The molecule has 0 aliphatic rings. The summed E-state index contributed by atoms with van der Waals surface area (Å²) in [5, 5.41) is 13.0. The number of hydrogen-bond donors (Lipinski definition) is 2. The number of benzene rings is 2. The molecule has 0 aliphatic carbocycles. The van der Waals surface area contributed by atoms with E-state index in [1.807, 2.05) is 13.8 Å². The summed E-state index contributed by atoms with van der Waals surface area (Å²) in [6.07, 6.45) is -0.224. The van der Waals surface area contributed by atoms with Crippen LogP contribution in [-0.2, 0) is 9.59 Å². The van der Waals surface area contributed by atoms with Crippen molar-refractivity contribution in [2.24, 2.45) is 0 Å². The highest BCUT2D eigenvalue weighted by molar-refractivity contribution is 6.38. The van der Waals surface area contributed by atoms with Gasteiger partial charge in [-0.2, -0.15) is 0 Å². The van der Waals surface area contributed by atoms with Crippen LogP contribution in [0.1, 0.15) is 44.2 Å². The van der Waals surface area contributed by atoms with Crippen LogP contribution < -0.4 is 10.1 Å². The average molecular weight is 410 g/mol. The Hall–Kier alpha value is -2.24. The number of nitrogens with one attached hydrogen (secondary N) is 1. The zero-order valence-electron chi connectivity index (χ0n) is 15.5. The Balaban J connectivity index is 2.34. The van der Waals surface area contributed by atoms with Crippen molar-refractivity contribution >= 4 is 40.6 Å². The van der Waals surface area contributed by atoms with Crippen molar-refractivity contribution in [1.29, 1.82) is 0 Å². The van der Waals surface area contributed by atoms with Crippen LogP contribution in [0.4, 0.5) is 5.69 Å². The van der Waals surface area contributed by atoms with Gasteiger partial charge in [0.15, 0.2) is 5.75 Å². The molecule has 27 heavy (non-hydrogen) atoms. The van der Waals surface area contributed by atoms with Crippen LogP contribution in [0.5, 0.6) is 17.2 Å². The minimum Gasteiger partial charge on any atom is -0.508 e. The Labute approximate surface area is 168 Å². The molecule has 2 N–H and O–H groups in total. The molecule has 0 radical (unpaired) electrons. The van der Waals surface area contributed by atoms with Crippen molar-refractivity contribution in [1.82, 2.24) is 0 Å². The zero-order valence-corrected chi connectivity index (χ0v) is 17.0. The third-order valence-electron chi connectivity index (χ3n) is 3.95. The summed E-state index contributed by atoms with van der Waals surface area (Å²) in [6.45, 7) is 6.97. The number of halogens is 2. The summed E-state index contributed by atoms with van der Waals surface area (Å²) in [6, 6.07) is 6.42. The fraction of sp³-hybridized carbons (Fsp3) is 0.300. The van der Waals surface area contributed by atoms with Crippen LogP contribution in [0.3, 0.4) is 0 Å². The first-order valence-corrected chi connectivity index (χ1v) is 9.14. The third-order valence-corrected chi connectivity index (χ3v) is 4.68. The molecule has 0 aliphatic heterocycles. The number of phenols is 1. The molecule has 1 amide bonds. The summed E-state index contributed by atoms with van der Waals surface area (Å²) in [4.78, 5) is 22.9. The second-order valence-corrected chi connectivity index (χ2v) is 7.36. The molecule has 0 aromatic heterocycles. The van der Waals surface area contributed by atoms with Gasteiger partial charge in [-0.3, -0.25) is 9.59 Å². The van der Waals surface area contributed by atoms with E-state index >= 15 is 0 Å². The molecule has 5 nitrogen and oxygen atoms in total. The number of amides is 1. The standard InChI is InChI=1S/C20H21Cl2NO4/c1-10(2)14-8-13(5-6-17(14)25)27-20-15(21)9-16(12(4)19(20)22)23-18(26)7-11(3)24/h5-6,8-10,25H,7H2,1-4H3,(H,23,26). The molecule has 0 spiro atoms. The molecule has 0 fully saturated rings. The Bertz CT molecular complexity index is 894. The fourth-order valence-electron chi connectivity index (χ4n) is 2.51. The van der Waals surface area contributed by atoms with Gasteiger partial charge in [-0.05, 0) is 49.6 Å². The van der Waals surface area contributed by atoms with Gasteiger partial charge in [-0.15, -0.1) is 0 Å². The number of carbonyl (C=O) groups is 2. The Morgan fingerprint density at radius 1 is 1.22 bits per heavy atom. The Morgan fingerprint density at radius 3 is 2.48 bits per heavy atom. The summed E-state index contributed by atoms with van der Waals surface area (Å²) in [5.41, 5.74) is 1.72. The molecular weight excluding hydrogens is 389 g/mol. The first-order chi connectivity index (χ1) is 12.6. The van der Waals surface area contributed by atoms with Gasteiger partial charge in [-0.1, -0.05) is 37.0 Å². The lowest BCUT2D eigenvalue weighted by Gasteiger charge is -2.17. The monoisotopic (exact) mass is 409 g/mol. The lowest BCUT2D eigenvalue weighted by Crippen LogP contribution is -2.15. The van der Waals surface area contributed by atoms with E-state index in [1.54, 1.807) is 25.1 Å². The molecule has 0 bridgehead atoms. The highest BCUT2D eigenvalue weighted by Crippen LogP contribution is 2.42. The SMILES string of the molecule is CC(=O)CC(=O)Nc1cc(Cl)c(Oc2ccc(O)c(C(C)C)c2)c(Cl)c1C. The lowest BCUT2D eigenvalue weighted by molar-refractivity contribution is -0.124. The third kappa shape index (κ3) is 5.15. The number of aromatic hydroxyl groups is 1. The highest BCUT2D eigenvalue weighted by atomic mass is 35.5. The van der Waals surface area contributed by atoms with Crippen molar-refractivity contribution in [2.45, 2.75) is 40.0 Å². The molecule has 144 valence electrons. The quantitative estimate of drug-likeness (QED) is 0.587. The van der Waals surface area contributed by atoms with Gasteiger partial charge in [0.05, 0.1) is 16.5 Å². The Morgan fingerprint density at radius 2 is 1.89 bits per heavy atom. The van der Waals surface area contributed by atoms with Crippen LogP contribution in [0.25, 0.3) is 0 Å². The van der Waals surface area contributed by atoms with Gasteiger partial charge in [0.1, 0.15) is 17.3 Å². The minimum atomic E-state index is -0.438. The first-order valence-electron chi connectivity index (χ1n) is 8.38. The van der Waals surface area contributed by atoms with E-state index < -0.39 is 5.91 Å². The predicted molar refractivity (Wildman–Crippen MR) is 107 cm³/mol. The van der Waals surface area contributed by atoms with Gasteiger partial charge < -0.3 is 15.2 Å². The number of Topliss-reactive ketones (excluding diaryl/α,β-unsaturated/α-hetero) is 1. The van der Waals surface area contributed by atoms with E-state index in [-0.39, 0.29) is 39.7 Å². The largest absolute Gasteiger partial charge is 0.508 e. The van der Waals surface area contributed by atoms with Crippen LogP contribution in [0.2, 0.25) is 10.0 Å². The summed E-state index contributed by atoms with van der Waals surface area (Å²) in [7, 11) is 0. The number of phenolic OH excluding ortho intramolecular Hbond substituents is 1. The van der Waals surface area contributed by atoms with Crippen LogP contribution in [0, 0.1) is 6.92 Å². The number of rotatable bonds is 6. The number of ketones is 1. The molecule has 7 heteroatoms. The average Bonchev–Trinajstić information content (AvgIpc) is 2.56. The maximum atomic E-state index is 11.8. The van der Waals surface area contributed by atoms with Gasteiger partial charge >= 0.3 is 0 Å². The van der Waals surface area contributed by atoms with Crippen molar-refractivity contribution < 1.29 is 19.4 Å². The molecule has 0 saturated heterocycles. The highest BCUT2D eigenvalue weighted by Gasteiger charge is 2.18. The van der Waals surface area contributed by atoms with E-state index in [1.165, 1.54) is 13.0 Å². The second-order valence-electron chi connectivity index (χ2n) is 6.58. The number of hydrogen-bond acceptors (Lipinski definition) is 4. The molecule has 2 rings (SSSR count). The first kappa shape index (κ1) is 21.1. The maximum absolute atomic E-state index is 11.8. The normalized spacial score (nSPS) is 10.8. The van der Waals surface area contributed by atoms with Gasteiger partial charge in [0.25, 0.3) is 0 Å². The predicted octanol–water partition coefficient (Wildman–Crippen LogP) is 5.84. The van der Waals surface area contributed by atoms with E-state index in [0.717, 1.165) is 5.56 Å². The lowest BCUT2D eigenvalue weighted by atomic mass is 10.0. The van der Waals surface area contributed by atoms with Gasteiger partial charge in [0.2, 0.25) is 5.91 Å². The van der Waals surface area contributed by atoms with Gasteiger partial charge in [-0.25, -0.2) is 0 Å². The smallest absolute Gasteiger partial charge is 0.231 e. The number of carbonyl (C=O) groups excluding carboxylic acids is 2. The molecule has 2 aromatic rings. The van der Waals surface area contributed by atoms with E-state index in [9.17, 15) is 14.7 Å². The van der Waals surface area contributed by atoms with Crippen LogP contribution in [-0.4, -0.2) is 16.8 Å². The van der Waals surface area contributed by atoms with Crippen molar-refractivity contribution in [3.8, 4) is 17.2 Å². The van der Waals surface area contributed by atoms with Crippen molar-refractivity contribution in [3.05, 3.63) is 45.4 Å². The molecule has 2 aromatic carbocycles.